The third-order valence-corrected chi connectivity index (χ3v) is 4.99. The van der Waals surface area contributed by atoms with Crippen LogP contribution in [0.5, 0.6) is 17.2 Å². The van der Waals surface area contributed by atoms with E-state index in [1.165, 1.54) is 12.1 Å². The topological polar surface area (TPSA) is 95.9 Å². The molecule has 0 aromatic heterocycles. The second-order valence-corrected chi connectivity index (χ2v) is 7.06. The summed E-state index contributed by atoms with van der Waals surface area (Å²) in [5, 5.41) is 20.8. The van der Waals surface area contributed by atoms with Crippen LogP contribution in [0.1, 0.15) is 12.0 Å². The molecule has 0 saturated heterocycles. The number of ether oxygens (including phenoxy) is 1. The van der Waals surface area contributed by atoms with E-state index in [1.54, 1.807) is 19.1 Å². The molecule has 1 amide bonds. The predicted molar refractivity (Wildman–Crippen MR) is 101 cm³/mol. The van der Waals surface area contributed by atoms with E-state index in [4.69, 9.17) is 21.4 Å². The Kier molecular flexibility index (Phi) is 6.31. The maximum absolute atomic E-state index is 11.7. The monoisotopic (exact) mass is 491 g/mol. The first kappa shape index (κ1) is 19.6. The second-order valence-electron chi connectivity index (χ2n) is 5.01. The van der Waals surface area contributed by atoms with Crippen molar-refractivity contribution in [1.29, 1.82) is 0 Å². The summed E-state index contributed by atoms with van der Waals surface area (Å²) >= 11 is 12.6. The van der Waals surface area contributed by atoms with Crippen LogP contribution in [-0.4, -0.2) is 22.1 Å². The van der Waals surface area contributed by atoms with Gasteiger partial charge in [-0.2, -0.15) is 0 Å². The fraction of sp³-hybridized carbons (Fsp3) is 0.125. The molecule has 0 saturated carbocycles. The molecule has 0 fully saturated rings. The molecule has 0 radical (unpaired) electrons. The molecule has 0 bridgehead atoms. The number of amides is 1. The molecule has 0 unspecified atom stereocenters. The van der Waals surface area contributed by atoms with Crippen LogP contribution in [0.25, 0.3) is 0 Å². The van der Waals surface area contributed by atoms with E-state index in [-0.39, 0.29) is 10.8 Å². The van der Waals surface area contributed by atoms with Crippen molar-refractivity contribution < 1.29 is 24.5 Å². The zero-order valence-electron chi connectivity index (χ0n) is 12.8. The number of hydrogen-bond donors (Lipinski definition) is 3. The Balaban J connectivity index is 2.31. The minimum absolute atomic E-state index is 0.0557. The third kappa shape index (κ3) is 4.87. The number of benzene rings is 2. The second kappa shape index (κ2) is 8.07. The smallest absolute Gasteiger partial charge is 0.312 e. The van der Waals surface area contributed by atoms with Gasteiger partial charge >= 0.3 is 5.97 Å². The van der Waals surface area contributed by atoms with Gasteiger partial charge in [0, 0.05) is 11.8 Å². The van der Waals surface area contributed by atoms with E-state index >= 15 is 0 Å². The quantitative estimate of drug-likeness (QED) is 0.505. The van der Waals surface area contributed by atoms with E-state index in [9.17, 15) is 14.7 Å². The number of rotatable bonds is 5. The zero-order chi connectivity index (χ0) is 18.7. The van der Waals surface area contributed by atoms with Gasteiger partial charge in [0.1, 0.15) is 17.9 Å². The first-order valence-electron chi connectivity index (χ1n) is 6.85. The fourth-order valence-corrected chi connectivity index (χ4v) is 3.37. The number of phenols is 1. The lowest BCUT2D eigenvalue weighted by atomic mass is 10.2. The Morgan fingerprint density at radius 3 is 2.56 bits per heavy atom. The van der Waals surface area contributed by atoms with Crippen LogP contribution in [-0.2, 0) is 9.59 Å². The van der Waals surface area contributed by atoms with E-state index in [0.29, 0.717) is 31.7 Å². The molecule has 0 aliphatic carbocycles. The summed E-state index contributed by atoms with van der Waals surface area (Å²) < 4.78 is 6.88. The van der Waals surface area contributed by atoms with Gasteiger partial charge in [-0.25, -0.2) is 0 Å². The lowest BCUT2D eigenvalue weighted by Gasteiger charge is -2.16. The molecule has 2 aromatic carbocycles. The molecular formula is C16H12Br2ClNO5. The highest BCUT2D eigenvalue weighted by Gasteiger charge is 2.17. The first-order valence-corrected chi connectivity index (χ1v) is 8.82. The Labute approximate surface area is 165 Å². The van der Waals surface area contributed by atoms with Crippen molar-refractivity contribution in [2.75, 3.05) is 5.32 Å². The number of carboxylic acids is 1. The Bertz CT molecular complexity index is 857. The summed E-state index contributed by atoms with van der Waals surface area (Å²) in [6.45, 7) is 1.74. The molecule has 0 spiro atoms. The van der Waals surface area contributed by atoms with E-state index in [2.05, 4.69) is 37.2 Å². The van der Waals surface area contributed by atoms with Gasteiger partial charge in [0.05, 0.1) is 14.0 Å². The standard InChI is InChI=1S/C16H12Br2ClNO5/c1-7-11(20-13(22)6-14(23)24)5-9(17)16(15(7)18)25-8-2-3-12(21)10(19)4-8/h2-5,21H,6H2,1H3,(H,20,22)(H,23,24). The van der Waals surface area contributed by atoms with E-state index in [0.717, 1.165) is 0 Å². The summed E-state index contributed by atoms with van der Waals surface area (Å²) in [6, 6.07) is 6.04. The Morgan fingerprint density at radius 1 is 1.28 bits per heavy atom. The van der Waals surface area contributed by atoms with Gasteiger partial charge in [-0.05, 0) is 62.5 Å². The van der Waals surface area contributed by atoms with Crippen molar-refractivity contribution in [2.45, 2.75) is 13.3 Å². The number of phenolic OH excluding ortho intramolecular Hbond substituents is 1. The van der Waals surface area contributed by atoms with Gasteiger partial charge in [-0.15, -0.1) is 0 Å². The van der Waals surface area contributed by atoms with Gasteiger partial charge in [-0.1, -0.05) is 11.6 Å². The predicted octanol–water partition coefficient (Wildman–Crippen LogP) is 5.08. The van der Waals surface area contributed by atoms with Crippen molar-refractivity contribution in [3.8, 4) is 17.2 Å². The number of aromatic hydroxyl groups is 1. The lowest BCUT2D eigenvalue weighted by molar-refractivity contribution is -0.139. The molecule has 0 aliphatic heterocycles. The molecular weight excluding hydrogens is 481 g/mol. The average molecular weight is 494 g/mol. The lowest BCUT2D eigenvalue weighted by Crippen LogP contribution is -2.16. The van der Waals surface area contributed by atoms with Crippen molar-refractivity contribution in [3.05, 3.63) is 43.8 Å². The maximum atomic E-state index is 11.7. The summed E-state index contributed by atoms with van der Waals surface area (Å²) in [7, 11) is 0. The molecule has 0 heterocycles. The maximum Gasteiger partial charge on any atom is 0.312 e. The molecule has 3 N–H and O–H groups in total. The minimum Gasteiger partial charge on any atom is -0.506 e. The van der Waals surface area contributed by atoms with Crippen molar-refractivity contribution in [2.24, 2.45) is 0 Å². The highest BCUT2D eigenvalue weighted by Crippen LogP contribution is 2.43. The number of aliphatic carboxylic acids is 1. The largest absolute Gasteiger partial charge is 0.506 e. The number of carbonyl (C=O) groups excluding carboxylic acids is 1. The number of carboxylic acid groups (broad SMARTS) is 1. The Morgan fingerprint density at radius 2 is 1.96 bits per heavy atom. The molecule has 25 heavy (non-hydrogen) atoms. The average Bonchev–Trinajstić information content (AvgIpc) is 2.51. The van der Waals surface area contributed by atoms with E-state index in [1.807, 2.05) is 0 Å². The normalized spacial score (nSPS) is 10.4. The molecule has 2 rings (SSSR count). The number of nitrogens with one attached hydrogen (secondary N) is 1. The summed E-state index contributed by atoms with van der Waals surface area (Å²) in [5.74, 6) is -1.05. The van der Waals surface area contributed by atoms with Crippen LogP contribution in [0, 0.1) is 6.92 Å². The van der Waals surface area contributed by atoms with Crippen LogP contribution in [0.4, 0.5) is 5.69 Å². The van der Waals surface area contributed by atoms with Crippen LogP contribution in [0.2, 0.25) is 5.02 Å². The summed E-state index contributed by atoms with van der Waals surface area (Å²) in [4.78, 5) is 22.3. The summed E-state index contributed by atoms with van der Waals surface area (Å²) in [6.07, 6.45) is -0.626. The van der Waals surface area contributed by atoms with Gasteiger partial charge in [-0.3, -0.25) is 9.59 Å². The highest BCUT2D eigenvalue weighted by molar-refractivity contribution is 9.11. The number of halogens is 3. The van der Waals surface area contributed by atoms with Crippen molar-refractivity contribution in [3.63, 3.8) is 0 Å². The number of carbonyl (C=O) groups is 2. The van der Waals surface area contributed by atoms with Gasteiger partial charge in [0.2, 0.25) is 5.91 Å². The van der Waals surface area contributed by atoms with Gasteiger partial charge in [0.15, 0.2) is 5.75 Å². The molecule has 0 aliphatic rings. The zero-order valence-corrected chi connectivity index (χ0v) is 16.7. The molecule has 2 aromatic rings. The minimum atomic E-state index is -1.21. The van der Waals surface area contributed by atoms with Gasteiger partial charge in [0.25, 0.3) is 0 Å². The van der Waals surface area contributed by atoms with Gasteiger partial charge < -0.3 is 20.3 Å². The molecule has 132 valence electrons. The van der Waals surface area contributed by atoms with Crippen molar-refractivity contribution in [1.82, 2.24) is 0 Å². The summed E-state index contributed by atoms with van der Waals surface area (Å²) in [5.41, 5.74) is 1.10. The van der Waals surface area contributed by atoms with Crippen molar-refractivity contribution >= 4 is 61.0 Å². The Hall–Kier alpha value is -1.77. The SMILES string of the molecule is Cc1c(NC(=O)CC(=O)O)cc(Br)c(Oc2ccc(O)c(Cl)c2)c1Br. The van der Waals surface area contributed by atoms with E-state index < -0.39 is 18.3 Å². The van der Waals surface area contributed by atoms with Crippen LogP contribution in [0.3, 0.4) is 0 Å². The third-order valence-electron chi connectivity index (χ3n) is 3.15. The highest BCUT2D eigenvalue weighted by atomic mass is 79.9. The number of hydrogen-bond acceptors (Lipinski definition) is 4. The molecule has 6 nitrogen and oxygen atoms in total. The molecule has 0 atom stereocenters. The van der Waals surface area contributed by atoms with Crippen LogP contribution >= 0.6 is 43.5 Å². The fourth-order valence-electron chi connectivity index (χ4n) is 1.92. The van der Waals surface area contributed by atoms with Crippen LogP contribution < -0.4 is 10.1 Å². The number of anilines is 1. The molecule has 9 heteroatoms. The van der Waals surface area contributed by atoms with Crippen LogP contribution in [0.15, 0.2) is 33.2 Å². The first-order chi connectivity index (χ1) is 11.7.